The fraction of sp³-hybridized carbons (Fsp3) is 0.125. The molecule has 7 heteroatoms. The van der Waals surface area contributed by atoms with Gasteiger partial charge in [-0.3, -0.25) is 4.79 Å². The molecule has 2 aliphatic heterocycles. The van der Waals surface area contributed by atoms with E-state index < -0.39 is 0 Å². The maximum absolute atomic E-state index is 12.8. The molecule has 0 radical (unpaired) electrons. The number of ether oxygens (including phenoxy) is 4. The van der Waals surface area contributed by atoms with Gasteiger partial charge in [-0.1, -0.05) is 35.3 Å². The molecular weight excluding hydrogens is 439 g/mol. The molecule has 0 N–H and O–H groups in total. The van der Waals surface area contributed by atoms with Gasteiger partial charge in [-0.25, -0.2) is 0 Å². The summed E-state index contributed by atoms with van der Waals surface area (Å²) in [5.41, 5.74) is 2.91. The highest BCUT2D eigenvalue weighted by Crippen LogP contribution is 2.38. The summed E-state index contributed by atoms with van der Waals surface area (Å²) >= 11 is 12.2. The fourth-order valence-electron chi connectivity index (χ4n) is 3.51. The number of fused-ring (bicyclic) bond motifs is 2. The number of carbonyl (C=O) groups is 1. The van der Waals surface area contributed by atoms with Crippen LogP contribution in [0.3, 0.4) is 0 Å². The Morgan fingerprint density at radius 3 is 2.81 bits per heavy atom. The summed E-state index contributed by atoms with van der Waals surface area (Å²) in [7, 11) is 0. The van der Waals surface area contributed by atoms with Crippen LogP contribution in [0, 0.1) is 0 Å². The molecule has 0 amide bonds. The molecule has 5 nitrogen and oxygen atoms in total. The van der Waals surface area contributed by atoms with Crippen molar-refractivity contribution < 1.29 is 23.7 Å². The van der Waals surface area contributed by atoms with E-state index >= 15 is 0 Å². The molecular formula is C24H16Cl2O5. The van der Waals surface area contributed by atoms with Gasteiger partial charge in [-0.15, -0.1) is 0 Å². The summed E-state index contributed by atoms with van der Waals surface area (Å²) < 4.78 is 22.6. The van der Waals surface area contributed by atoms with E-state index in [1.807, 2.05) is 24.3 Å². The predicted octanol–water partition coefficient (Wildman–Crippen LogP) is 6.06. The lowest BCUT2D eigenvalue weighted by molar-refractivity contribution is -0.0165. The summed E-state index contributed by atoms with van der Waals surface area (Å²) in [6.07, 6.45) is 1.64. The highest BCUT2D eigenvalue weighted by atomic mass is 35.5. The number of benzene rings is 3. The van der Waals surface area contributed by atoms with Gasteiger partial charge in [0.2, 0.25) is 5.78 Å². The van der Waals surface area contributed by atoms with Gasteiger partial charge >= 0.3 is 0 Å². The van der Waals surface area contributed by atoms with Crippen LogP contribution in [0.2, 0.25) is 10.0 Å². The lowest BCUT2D eigenvalue weighted by atomic mass is 10.1. The van der Waals surface area contributed by atoms with Crippen LogP contribution in [-0.2, 0) is 18.0 Å². The molecule has 3 aromatic rings. The number of hydrogen-bond acceptors (Lipinski definition) is 5. The van der Waals surface area contributed by atoms with Crippen molar-refractivity contribution in [1.82, 2.24) is 0 Å². The maximum Gasteiger partial charge on any atom is 0.231 e. The van der Waals surface area contributed by atoms with Gasteiger partial charge in [0, 0.05) is 27.2 Å². The van der Waals surface area contributed by atoms with E-state index in [0.29, 0.717) is 51.6 Å². The minimum atomic E-state index is -0.211. The topological polar surface area (TPSA) is 54.0 Å². The largest absolute Gasteiger partial charge is 0.489 e. The Bertz CT molecular complexity index is 1220. The first-order valence-corrected chi connectivity index (χ1v) is 10.3. The van der Waals surface area contributed by atoms with Crippen molar-refractivity contribution in [3.63, 3.8) is 0 Å². The van der Waals surface area contributed by atoms with E-state index in [9.17, 15) is 4.79 Å². The Balaban J connectivity index is 1.38. The Morgan fingerprint density at radius 2 is 1.94 bits per heavy atom. The zero-order valence-corrected chi connectivity index (χ0v) is 17.7. The Morgan fingerprint density at radius 1 is 1.03 bits per heavy atom. The lowest BCUT2D eigenvalue weighted by Gasteiger charge is -2.20. The molecule has 2 aliphatic rings. The molecule has 0 spiro atoms. The van der Waals surface area contributed by atoms with Crippen LogP contribution >= 0.6 is 23.2 Å². The van der Waals surface area contributed by atoms with Gasteiger partial charge in [-0.05, 0) is 48.0 Å². The molecule has 5 rings (SSSR count). The molecule has 0 bridgehead atoms. The number of rotatable bonds is 4. The van der Waals surface area contributed by atoms with E-state index in [-0.39, 0.29) is 18.3 Å². The number of carbonyl (C=O) groups excluding carboxylic acids is 1. The van der Waals surface area contributed by atoms with Crippen LogP contribution in [0.5, 0.6) is 17.2 Å². The summed E-state index contributed by atoms with van der Waals surface area (Å²) in [6.45, 7) is 0.894. The predicted molar refractivity (Wildman–Crippen MR) is 117 cm³/mol. The van der Waals surface area contributed by atoms with Crippen molar-refractivity contribution in [2.45, 2.75) is 13.2 Å². The molecule has 0 aromatic heterocycles. The highest BCUT2D eigenvalue weighted by Gasteiger charge is 2.28. The van der Waals surface area contributed by atoms with Gasteiger partial charge in [0.1, 0.15) is 23.9 Å². The second-order valence-corrected chi connectivity index (χ2v) is 7.98. The summed E-state index contributed by atoms with van der Waals surface area (Å²) in [6, 6.07) is 16.1. The molecule has 31 heavy (non-hydrogen) atoms. The number of halogens is 2. The van der Waals surface area contributed by atoms with Crippen LogP contribution in [0.15, 0.2) is 60.4 Å². The first-order valence-electron chi connectivity index (χ1n) is 9.55. The van der Waals surface area contributed by atoms with Crippen molar-refractivity contribution in [3.05, 3.63) is 92.7 Å². The van der Waals surface area contributed by atoms with Gasteiger partial charge in [0.15, 0.2) is 12.6 Å². The van der Waals surface area contributed by atoms with Crippen LogP contribution < -0.4 is 14.2 Å². The summed E-state index contributed by atoms with van der Waals surface area (Å²) in [4.78, 5) is 12.8. The maximum atomic E-state index is 12.8. The third kappa shape index (κ3) is 4.12. The molecule has 0 saturated heterocycles. The first-order chi connectivity index (χ1) is 15.1. The normalized spacial score (nSPS) is 15.8. The van der Waals surface area contributed by atoms with E-state index in [1.165, 1.54) is 0 Å². The lowest BCUT2D eigenvalue weighted by Crippen LogP contribution is -2.12. The fourth-order valence-corrected chi connectivity index (χ4v) is 3.97. The second-order valence-electron chi connectivity index (χ2n) is 7.11. The smallest absolute Gasteiger partial charge is 0.231 e. The average Bonchev–Trinajstić information content (AvgIpc) is 3.07. The third-order valence-electron chi connectivity index (χ3n) is 4.93. The molecule has 0 fully saturated rings. The first kappa shape index (κ1) is 19.9. The molecule has 156 valence electrons. The number of ketones is 1. The monoisotopic (exact) mass is 454 g/mol. The van der Waals surface area contributed by atoms with Gasteiger partial charge in [0.25, 0.3) is 0 Å². The van der Waals surface area contributed by atoms with Crippen LogP contribution in [0.1, 0.15) is 27.0 Å². The van der Waals surface area contributed by atoms with E-state index in [2.05, 4.69) is 0 Å². The van der Waals surface area contributed by atoms with E-state index in [0.717, 1.165) is 11.1 Å². The van der Waals surface area contributed by atoms with Crippen LogP contribution in [-0.4, -0.2) is 12.6 Å². The Labute approximate surface area is 188 Å². The molecule has 2 heterocycles. The summed E-state index contributed by atoms with van der Waals surface area (Å²) in [5.74, 6) is 1.66. The Kier molecular flexibility index (Phi) is 5.32. The van der Waals surface area contributed by atoms with Crippen molar-refractivity contribution >= 4 is 35.1 Å². The quantitative estimate of drug-likeness (QED) is 0.448. The van der Waals surface area contributed by atoms with Crippen molar-refractivity contribution in [2.24, 2.45) is 0 Å². The zero-order valence-electron chi connectivity index (χ0n) is 16.2. The van der Waals surface area contributed by atoms with Gasteiger partial charge in [-0.2, -0.15) is 0 Å². The zero-order chi connectivity index (χ0) is 21.4. The molecule has 0 atom stereocenters. The average molecular weight is 455 g/mol. The Hall–Kier alpha value is -2.99. The van der Waals surface area contributed by atoms with E-state index in [1.54, 1.807) is 36.4 Å². The van der Waals surface area contributed by atoms with Gasteiger partial charge < -0.3 is 18.9 Å². The number of allylic oxidation sites excluding steroid dienone is 1. The molecule has 0 unspecified atom stereocenters. The standard InChI is InChI=1S/C24H16Cl2O5/c25-17-3-1-2-14(6-17)11-29-19-4-5-20-21(10-19)31-22(23(20)27)9-15-7-18(26)8-16-12-28-13-30-24(15)16/h1-10H,11-13H2. The SMILES string of the molecule is O=C1C(=Cc2cc(Cl)cc3c2OCOC3)Oc2cc(OCc3cccc(Cl)c3)ccc21. The van der Waals surface area contributed by atoms with Gasteiger partial charge in [0.05, 0.1) is 12.2 Å². The van der Waals surface area contributed by atoms with E-state index in [4.69, 9.17) is 42.1 Å². The molecule has 0 aliphatic carbocycles. The highest BCUT2D eigenvalue weighted by molar-refractivity contribution is 6.31. The minimum Gasteiger partial charge on any atom is -0.489 e. The number of hydrogen-bond donors (Lipinski definition) is 0. The van der Waals surface area contributed by atoms with Crippen molar-refractivity contribution in [1.29, 1.82) is 0 Å². The van der Waals surface area contributed by atoms with Crippen LogP contribution in [0.25, 0.3) is 6.08 Å². The molecule has 0 saturated carbocycles. The van der Waals surface area contributed by atoms with Crippen LogP contribution in [0.4, 0.5) is 0 Å². The van der Waals surface area contributed by atoms with Crippen molar-refractivity contribution in [3.8, 4) is 17.2 Å². The minimum absolute atomic E-state index is 0.146. The summed E-state index contributed by atoms with van der Waals surface area (Å²) in [5, 5.41) is 1.18. The second kappa shape index (κ2) is 8.27. The number of Topliss-reactive ketones (excluding diaryl/α,β-unsaturated/α-hetero) is 1. The van der Waals surface area contributed by atoms with Crippen molar-refractivity contribution in [2.75, 3.05) is 6.79 Å². The third-order valence-corrected chi connectivity index (χ3v) is 5.38. The molecule has 3 aromatic carbocycles.